The van der Waals surface area contributed by atoms with Gasteiger partial charge in [-0.1, -0.05) is 19.9 Å². The molecule has 8 heteroatoms. The molecule has 158 valence electrons. The number of hydrogen-bond acceptors (Lipinski definition) is 6. The standard InChI is InChI=1S/C20H35N5O2S/c1-5-24(6-2)10-9-21-19(26)20(27)22-16(3)18(17-8-7-15-28-17)25-13-11-23(4)12-14-25/h7-8,15-16,18H,5-6,9-14H2,1-4H3,(H,21,26)(H,22,27)/t16-,18+/m0/s1. The van der Waals surface area contributed by atoms with Crippen LogP contribution in [-0.2, 0) is 9.59 Å². The number of nitrogens with zero attached hydrogens (tertiary/aromatic N) is 3. The van der Waals surface area contributed by atoms with Crippen LogP contribution in [0.15, 0.2) is 17.5 Å². The summed E-state index contributed by atoms with van der Waals surface area (Å²) in [5, 5.41) is 7.73. The van der Waals surface area contributed by atoms with Gasteiger partial charge in [0.25, 0.3) is 0 Å². The molecule has 2 atom stereocenters. The van der Waals surface area contributed by atoms with E-state index in [0.29, 0.717) is 6.54 Å². The van der Waals surface area contributed by atoms with E-state index in [9.17, 15) is 9.59 Å². The highest BCUT2D eigenvalue weighted by Gasteiger charge is 2.31. The third kappa shape index (κ3) is 6.55. The van der Waals surface area contributed by atoms with E-state index in [-0.39, 0.29) is 12.1 Å². The summed E-state index contributed by atoms with van der Waals surface area (Å²) < 4.78 is 0. The molecule has 7 nitrogen and oxygen atoms in total. The molecule has 28 heavy (non-hydrogen) atoms. The highest BCUT2D eigenvalue weighted by atomic mass is 32.1. The molecule has 0 bridgehead atoms. The van der Waals surface area contributed by atoms with Gasteiger partial charge < -0.3 is 20.4 Å². The highest BCUT2D eigenvalue weighted by molar-refractivity contribution is 7.10. The van der Waals surface area contributed by atoms with Crippen molar-refractivity contribution in [2.45, 2.75) is 32.9 Å². The second kappa shape index (κ2) is 11.5. The van der Waals surface area contributed by atoms with E-state index >= 15 is 0 Å². The van der Waals surface area contributed by atoms with Gasteiger partial charge in [0, 0.05) is 50.2 Å². The molecule has 1 aliphatic heterocycles. The Balaban J connectivity index is 1.92. The molecule has 0 saturated carbocycles. The first-order valence-electron chi connectivity index (χ1n) is 10.2. The van der Waals surface area contributed by atoms with Crippen LogP contribution in [0.25, 0.3) is 0 Å². The van der Waals surface area contributed by atoms with Gasteiger partial charge in [0.05, 0.1) is 6.04 Å². The van der Waals surface area contributed by atoms with Crippen molar-refractivity contribution in [3.8, 4) is 0 Å². The van der Waals surface area contributed by atoms with Crippen LogP contribution < -0.4 is 10.6 Å². The first-order chi connectivity index (χ1) is 13.5. The Morgan fingerprint density at radius 2 is 1.86 bits per heavy atom. The molecule has 0 spiro atoms. The van der Waals surface area contributed by atoms with Gasteiger partial charge in [0.2, 0.25) is 0 Å². The number of rotatable bonds is 9. The van der Waals surface area contributed by atoms with E-state index in [4.69, 9.17) is 0 Å². The molecular weight excluding hydrogens is 374 g/mol. The second-order valence-corrected chi connectivity index (χ2v) is 8.32. The van der Waals surface area contributed by atoms with E-state index in [2.05, 4.69) is 57.7 Å². The van der Waals surface area contributed by atoms with Gasteiger partial charge in [0.1, 0.15) is 0 Å². The zero-order valence-corrected chi connectivity index (χ0v) is 18.4. The average Bonchev–Trinajstić information content (AvgIpc) is 3.21. The quantitative estimate of drug-likeness (QED) is 0.596. The molecule has 1 fully saturated rings. The van der Waals surface area contributed by atoms with Gasteiger partial charge in [-0.05, 0) is 38.5 Å². The molecule has 1 aliphatic rings. The lowest BCUT2D eigenvalue weighted by atomic mass is 10.0. The Labute approximate surface area is 173 Å². The van der Waals surface area contributed by atoms with Crippen molar-refractivity contribution < 1.29 is 9.59 Å². The minimum atomic E-state index is -0.553. The molecule has 1 aromatic heterocycles. The maximum absolute atomic E-state index is 12.4. The van der Waals surface area contributed by atoms with Crippen molar-refractivity contribution in [1.29, 1.82) is 0 Å². The average molecular weight is 410 g/mol. The monoisotopic (exact) mass is 409 g/mol. The van der Waals surface area contributed by atoms with Crippen molar-refractivity contribution in [1.82, 2.24) is 25.3 Å². The van der Waals surface area contributed by atoms with Crippen molar-refractivity contribution in [3.63, 3.8) is 0 Å². The van der Waals surface area contributed by atoms with E-state index in [1.807, 2.05) is 13.0 Å². The number of carbonyl (C=O) groups excluding carboxylic acids is 2. The lowest BCUT2D eigenvalue weighted by Gasteiger charge is -2.40. The van der Waals surface area contributed by atoms with Gasteiger partial charge in [0.15, 0.2) is 0 Å². The van der Waals surface area contributed by atoms with E-state index in [1.54, 1.807) is 11.3 Å². The number of piperazine rings is 1. The summed E-state index contributed by atoms with van der Waals surface area (Å²) in [5.74, 6) is -1.11. The van der Waals surface area contributed by atoms with Crippen molar-refractivity contribution in [2.24, 2.45) is 0 Å². The summed E-state index contributed by atoms with van der Waals surface area (Å²) in [4.78, 5) is 32.8. The second-order valence-electron chi connectivity index (χ2n) is 7.34. The fraction of sp³-hybridized carbons (Fsp3) is 0.700. The Morgan fingerprint density at radius 1 is 1.18 bits per heavy atom. The van der Waals surface area contributed by atoms with Crippen LogP contribution in [-0.4, -0.2) is 92.0 Å². The molecule has 1 saturated heterocycles. The summed E-state index contributed by atoms with van der Waals surface area (Å²) in [6, 6.07) is 4.09. The van der Waals surface area contributed by atoms with Crippen LogP contribution >= 0.6 is 11.3 Å². The molecular formula is C20H35N5O2S. The van der Waals surface area contributed by atoms with Gasteiger partial charge >= 0.3 is 11.8 Å². The van der Waals surface area contributed by atoms with Crippen LogP contribution in [0.1, 0.15) is 31.7 Å². The SMILES string of the molecule is CCN(CC)CCNC(=O)C(=O)N[C@@H](C)[C@H](c1cccs1)N1CCN(C)CC1. The van der Waals surface area contributed by atoms with Crippen molar-refractivity contribution in [2.75, 3.05) is 59.4 Å². The first kappa shape index (κ1) is 22.8. The van der Waals surface area contributed by atoms with Gasteiger partial charge in [-0.2, -0.15) is 0 Å². The zero-order chi connectivity index (χ0) is 20.5. The van der Waals surface area contributed by atoms with Gasteiger partial charge in [-0.25, -0.2) is 0 Å². The molecule has 1 aromatic rings. The number of amides is 2. The van der Waals surface area contributed by atoms with E-state index < -0.39 is 11.8 Å². The summed E-state index contributed by atoms with van der Waals surface area (Å²) >= 11 is 1.70. The number of likely N-dealkylation sites (N-methyl/N-ethyl adjacent to an activating group) is 2. The van der Waals surface area contributed by atoms with Crippen LogP contribution in [0.4, 0.5) is 0 Å². The number of hydrogen-bond donors (Lipinski definition) is 2. The normalized spacial score (nSPS) is 18.0. The van der Waals surface area contributed by atoms with Crippen LogP contribution in [0, 0.1) is 0 Å². The Hall–Kier alpha value is -1.48. The first-order valence-corrected chi connectivity index (χ1v) is 11.1. The molecule has 0 unspecified atom stereocenters. The molecule has 2 amide bonds. The summed E-state index contributed by atoms with van der Waals surface area (Å²) in [6.07, 6.45) is 0. The predicted octanol–water partition coefficient (Wildman–Crippen LogP) is 0.999. The molecule has 2 rings (SSSR count). The van der Waals surface area contributed by atoms with Gasteiger partial charge in [-0.3, -0.25) is 14.5 Å². The predicted molar refractivity (Wildman–Crippen MR) is 115 cm³/mol. The topological polar surface area (TPSA) is 67.9 Å². The maximum atomic E-state index is 12.4. The Morgan fingerprint density at radius 3 is 2.43 bits per heavy atom. The third-order valence-corrected chi connectivity index (χ3v) is 6.36. The van der Waals surface area contributed by atoms with Gasteiger partial charge in [-0.15, -0.1) is 11.3 Å². The van der Waals surface area contributed by atoms with Crippen LogP contribution in [0.5, 0.6) is 0 Å². The molecule has 0 aliphatic carbocycles. The molecule has 2 heterocycles. The largest absolute Gasteiger partial charge is 0.347 e. The van der Waals surface area contributed by atoms with Crippen LogP contribution in [0.2, 0.25) is 0 Å². The minimum absolute atomic E-state index is 0.0844. The number of nitrogens with one attached hydrogen (secondary N) is 2. The molecule has 2 N–H and O–H groups in total. The summed E-state index contributed by atoms with van der Waals surface area (Å²) in [7, 11) is 2.13. The lowest BCUT2D eigenvalue weighted by Crippen LogP contribution is -2.53. The van der Waals surface area contributed by atoms with Crippen molar-refractivity contribution in [3.05, 3.63) is 22.4 Å². The fourth-order valence-corrected chi connectivity index (χ4v) is 4.57. The fourth-order valence-electron chi connectivity index (χ4n) is 3.60. The number of thiophene rings is 1. The van der Waals surface area contributed by atoms with E-state index in [0.717, 1.165) is 45.8 Å². The Kier molecular flexibility index (Phi) is 9.37. The number of carbonyl (C=O) groups is 2. The molecule has 0 aromatic carbocycles. The lowest BCUT2D eigenvalue weighted by molar-refractivity contribution is -0.139. The maximum Gasteiger partial charge on any atom is 0.309 e. The highest BCUT2D eigenvalue weighted by Crippen LogP contribution is 2.29. The minimum Gasteiger partial charge on any atom is -0.347 e. The third-order valence-electron chi connectivity index (χ3n) is 5.41. The van der Waals surface area contributed by atoms with Crippen LogP contribution in [0.3, 0.4) is 0 Å². The van der Waals surface area contributed by atoms with Crippen molar-refractivity contribution >= 4 is 23.2 Å². The Bertz CT molecular complexity index is 598. The summed E-state index contributed by atoms with van der Waals surface area (Å²) in [5.41, 5.74) is 0. The van der Waals surface area contributed by atoms with E-state index in [1.165, 1.54) is 4.88 Å². The molecule has 0 radical (unpaired) electrons. The summed E-state index contributed by atoms with van der Waals surface area (Å²) in [6.45, 7) is 13.2. The zero-order valence-electron chi connectivity index (χ0n) is 17.6. The smallest absolute Gasteiger partial charge is 0.309 e.